The number of hydrogen-bond donors (Lipinski definition) is 0. The summed E-state index contributed by atoms with van der Waals surface area (Å²) < 4.78 is 5.00. The van der Waals surface area contributed by atoms with E-state index in [1.165, 1.54) is 5.56 Å². The van der Waals surface area contributed by atoms with Gasteiger partial charge in [0.2, 0.25) is 11.8 Å². The molecule has 1 saturated heterocycles. The Kier molecular flexibility index (Phi) is 6.11. The maximum absolute atomic E-state index is 13.0. The van der Waals surface area contributed by atoms with Crippen molar-refractivity contribution in [2.75, 3.05) is 19.6 Å². The van der Waals surface area contributed by atoms with Crippen LogP contribution < -0.4 is 0 Å². The van der Waals surface area contributed by atoms with Gasteiger partial charge in [-0.2, -0.15) is 4.98 Å². The largest absolute Gasteiger partial charge is 0.340 e. The van der Waals surface area contributed by atoms with Crippen molar-refractivity contribution in [3.63, 3.8) is 0 Å². The topological polar surface area (TPSA) is 79.5 Å². The molecule has 3 rings (SSSR count). The lowest BCUT2D eigenvalue weighted by Gasteiger charge is -2.39. The molecule has 0 saturated carbocycles. The summed E-state index contributed by atoms with van der Waals surface area (Å²) in [5.41, 5.74) is 2.99. The van der Waals surface area contributed by atoms with Gasteiger partial charge in [-0.05, 0) is 49.9 Å². The number of rotatable bonds is 5. The van der Waals surface area contributed by atoms with Crippen LogP contribution in [0.4, 0.5) is 0 Å². The maximum atomic E-state index is 13.0. The van der Waals surface area contributed by atoms with E-state index in [9.17, 15) is 9.59 Å². The van der Waals surface area contributed by atoms with Gasteiger partial charge in [0, 0.05) is 51.5 Å². The molecular weight excluding hydrogens is 356 g/mol. The zero-order valence-electron chi connectivity index (χ0n) is 17.1. The molecule has 2 amide bonds. The number of aromatic nitrogens is 2. The number of carbonyl (C=O) groups excluding carboxylic acids is 2. The first-order chi connectivity index (χ1) is 13.3. The Bertz CT molecular complexity index is 861. The summed E-state index contributed by atoms with van der Waals surface area (Å²) in [5, 5.41) is 3.90. The second-order valence-corrected chi connectivity index (χ2v) is 7.54. The smallest absolute Gasteiger partial charge is 0.253 e. The van der Waals surface area contributed by atoms with Crippen LogP contribution in [0.2, 0.25) is 0 Å². The van der Waals surface area contributed by atoms with Crippen LogP contribution in [-0.4, -0.2) is 57.4 Å². The Labute approximate surface area is 165 Å². The highest BCUT2D eigenvalue weighted by atomic mass is 16.5. The third-order valence-corrected chi connectivity index (χ3v) is 5.43. The molecule has 0 aliphatic carbocycles. The monoisotopic (exact) mass is 384 g/mol. The minimum absolute atomic E-state index is 0.00527. The SMILES string of the molecule is CC(=O)N(CCc1noc(C)n1)C1CCCN(C(=O)c2ccc(C)c(C)c2)C1. The van der Waals surface area contributed by atoms with Gasteiger partial charge in [-0.25, -0.2) is 0 Å². The number of piperidine rings is 1. The number of aryl methyl sites for hydroxylation is 3. The molecule has 1 aromatic carbocycles. The molecule has 0 spiro atoms. The van der Waals surface area contributed by atoms with Crippen LogP contribution in [0.3, 0.4) is 0 Å². The summed E-state index contributed by atoms with van der Waals surface area (Å²) in [7, 11) is 0. The second kappa shape index (κ2) is 8.54. The molecule has 1 aliphatic rings. The van der Waals surface area contributed by atoms with Crippen molar-refractivity contribution in [3.8, 4) is 0 Å². The molecule has 1 fully saturated rings. The Balaban J connectivity index is 1.67. The molecule has 0 N–H and O–H groups in total. The van der Waals surface area contributed by atoms with Crippen molar-refractivity contribution in [3.05, 3.63) is 46.6 Å². The van der Waals surface area contributed by atoms with E-state index in [0.29, 0.717) is 36.8 Å². The van der Waals surface area contributed by atoms with Crippen molar-refractivity contribution in [2.24, 2.45) is 0 Å². The van der Waals surface area contributed by atoms with E-state index in [0.717, 1.165) is 24.9 Å². The van der Waals surface area contributed by atoms with Crippen LogP contribution in [0.1, 0.15) is 53.0 Å². The fourth-order valence-electron chi connectivity index (χ4n) is 3.71. The third-order valence-electron chi connectivity index (χ3n) is 5.43. The fraction of sp³-hybridized carbons (Fsp3) is 0.524. The molecule has 0 bridgehead atoms. The maximum Gasteiger partial charge on any atom is 0.253 e. The van der Waals surface area contributed by atoms with Crippen LogP contribution in [0.15, 0.2) is 22.7 Å². The van der Waals surface area contributed by atoms with Crippen molar-refractivity contribution in [2.45, 2.75) is 53.0 Å². The summed E-state index contributed by atoms with van der Waals surface area (Å²) in [4.78, 5) is 33.1. The van der Waals surface area contributed by atoms with Crippen molar-refractivity contribution in [1.29, 1.82) is 0 Å². The predicted molar refractivity (Wildman–Crippen MR) is 105 cm³/mol. The van der Waals surface area contributed by atoms with Gasteiger partial charge in [0.1, 0.15) is 0 Å². The van der Waals surface area contributed by atoms with Gasteiger partial charge in [0.05, 0.1) is 0 Å². The quantitative estimate of drug-likeness (QED) is 0.792. The molecule has 0 radical (unpaired) electrons. The van der Waals surface area contributed by atoms with E-state index in [-0.39, 0.29) is 17.9 Å². The lowest BCUT2D eigenvalue weighted by Crippen LogP contribution is -2.51. The average molecular weight is 384 g/mol. The molecular formula is C21H28N4O3. The molecule has 7 nitrogen and oxygen atoms in total. The number of benzene rings is 1. The third kappa shape index (κ3) is 4.58. The van der Waals surface area contributed by atoms with E-state index in [1.54, 1.807) is 13.8 Å². The van der Waals surface area contributed by atoms with Crippen LogP contribution in [-0.2, 0) is 11.2 Å². The number of nitrogens with zero attached hydrogens (tertiary/aromatic N) is 4. The Morgan fingerprint density at radius 2 is 2.04 bits per heavy atom. The molecule has 2 heterocycles. The molecule has 7 heteroatoms. The Morgan fingerprint density at radius 1 is 1.25 bits per heavy atom. The molecule has 150 valence electrons. The fourth-order valence-corrected chi connectivity index (χ4v) is 3.71. The average Bonchev–Trinajstić information content (AvgIpc) is 3.09. The van der Waals surface area contributed by atoms with E-state index >= 15 is 0 Å². The summed E-state index contributed by atoms with van der Waals surface area (Å²) in [6.07, 6.45) is 2.31. The minimum Gasteiger partial charge on any atom is -0.340 e. The first-order valence-corrected chi connectivity index (χ1v) is 9.78. The van der Waals surface area contributed by atoms with Crippen molar-refractivity contribution < 1.29 is 14.1 Å². The summed E-state index contributed by atoms with van der Waals surface area (Å²) in [6, 6.07) is 5.83. The predicted octanol–water partition coefficient (Wildman–Crippen LogP) is 2.69. The molecule has 1 aliphatic heterocycles. The number of carbonyl (C=O) groups is 2. The zero-order valence-corrected chi connectivity index (χ0v) is 17.1. The highest BCUT2D eigenvalue weighted by Gasteiger charge is 2.30. The van der Waals surface area contributed by atoms with Crippen LogP contribution in [0.25, 0.3) is 0 Å². The van der Waals surface area contributed by atoms with E-state index in [4.69, 9.17) is 4.52 Å². The molecule has 1 unspecified atom stereocenters. The lowest BCUT2D eigenvalue weighted by atomic mass is 10.0. The van der Waals surface area contributed by atoms with E-state index in [1.807, 2.05) is 41.8 Å². The van der Waals surface area contributed by atoms with Crippen molar-refractivity contribution in [1.82, 2.24) is 19.9 Å². The second-order valence-electron chi connectivity index (χ2n) is 7.54. The van der Waals surface area contributed by atoms with Gasteiger partial charge in [0.15, 0.2) is 5.82 Å². The summed E-state index contributed by atoms with van der Waals surface area (Å²) in [5.74, 6) is 1.16. The van der Waals surface area contributed by atoms with Crippen molar-refractivity contribution >= 4 is 11.8 Å². The molecule has 1 atom stereocenters. The van der Waals surface area contributed by atoms with Crippen LogP contribution >= 0.6 is 0 Å². The van der Waals surface area contributed by atoms with Gasteiger partial charge >= 0.3 is 0 Å². The number of likely N-dealkylation sites (tertiary alicyclic amines) is 1. The highest BCUT2D eigenvalue weighted by molar-refractivity contribution is 5.94. The standard InChI is InChI=1S/C21H28N4O3/c1-14-7-8-18(12-15(14)2)21(27)24-10-5-6-19(13-24)25(17(4)26)11-9-20-22-16(3)28-23-20/h7-8,12,19H,5-6,9-11,13H2,1-4H3. The van der Waals surface area contributed by atoms with Crippen LogP contribution in [0, 0.1) is 20.8 Å². The summed E-state index contributed by atoms with van der Waals surface area (Å²) in [6.45, 7) is 9.17. The molecule has 28 heavy (non-hydrogen) atoms. The highest BCUT2D eigenvalue weighted by Crippen LogP contribution is 2.20. The molecule has 2 aromatic rings. The zero-order chi connectivity index (χ0) is 20.3. The Morgan fingerprint density at radius 3 is 2.68 bits per heavy atom. The summed E-state index contributed by atoms with van der Waals surface area (Å²) >= 11 is 0. The van der Waals surface area contributed by atoms with Gasteiger partial charge < -0.3 is 14.3 Å². The van der Waals surface area contributed by atoms with E-state index < -0.39 is 0 Å². The van der Waals surface area contributed by atoms with Gasteiger partial charge in [0.25, 0.3) is 5.91 Å². The minimum atomic E-state index is 0.00527. The number of hydrogen-bond acceptors (Lipinski definition) is 5. The van der Waals surface area contributed by atoms with Gasteiger partial charge in [-0.3, -0.25) is 9.59 Å². The number of amides is 2. The first kappa shape index (κ1) is 20.0. The normalized spacial score (nSPS) is 16.9. The van der Waals surface area contributed by atoms with Gasteiger partial charge in [-0.15, -0.1) is 0 Å². The Hall–Kier alpha value is -2.70. The molecule has 1 aromatic heterocycles. The van der Waals surface area contributed by atoms with E-state index in [2.05, 4.69) is 10.1 Å². The van der Waals surface area contributed by atoms with Crippen LogP contribution in [0.5, 0.6) is 0 Å². The first-order valence-electron chi connectivity index (χ1n) is 9.78. The van der Waals surface area contributed by atoms with Gasteiger partial charge in [-0.1, -0.05) is 11.2 Å². The lowest BCUT2D eigenvalue weighted by molar-refractivity contribution is -0.132.